The van der Waals surface area contributed by atoms with Crippen molar-refractivity contribution in [2.75, 3.05) is 17.3 Å². The molecule has 2 N–H and O–H groups in total. The van der Waals surface area contributed by atoms with E-state index in [1.165, 1.54) is 28.7 Å². The predicted octanol–water partition coefficient (Wildman–Crippen LogP) is 4.82. The Labute approximate surface area is 184 Å². The van der Waals surface area contributed by atoms with Gasteiger partial charge in [-0.25, -0.2) is 4.98 Å². The molecule has 2 aromatic heterocycles. The molecule has 30 heavy (non-hydrogen) atoms. The van der Waals surface area contributed by atoms with Crippen LogP contribution >= 0.6 is 23.1 Å². The molecule has 3 rings (SSSR count). The molecule has 3 aromatic rings. The van der Waals surface area contributed by atoms with Crippen LogP contribution in [0.25, 0.3) is 11.3 Å². The van der Waals surface area contributed by atoms with Crippen LogP contribution in [0.15, 0.2) is 40.3 Å². The van der Waals surface area contributed by atoms with E-state index in [1.54, 1.807) is 23.9 Å². The molecule has 1 aromatic carbocycles. The van der Waals surface area contributed by atoms with Crippen molar-refractivity contribution in [3.8, 4) is 11.3 Å². The largest absolute Gasteiger partial charge is 0.459 e. The van der Waals surface area contributed by atoms with Crippen LogP contribution < -0.4 is 10.6 Å². The summed E-state index contributed by atoms with van der Waals surface area (Å²) in [5.74, 6) is 0.216. The summed E-state index contributed by atoms with van der Waals surface area (Å²) in [6.07, 6.45) is 3.90. The van der Waals surface area contributed by atoms with E-state index in [0.717, 1.165) is 22.6 Å². The number of benzene rings is 1. The maximum Gasteiger partial charge on any atom is 0.287 e. The van der Waals surface area contributed by atoms with Crippen LogP contribution in [0.1, 0.15) is 33.7 Å². The molecule has 0 aliphatic rings. The van der Waals surface area contributed by atoms with Gasteiger partial charge in [0.25, 0.3) is 5.91 Å². The standard InChI is InChI=1S/C22H25N3O3S2/c1-13-10-15(3)16(11-14(13)2)18-12-30-22(24-18)25-20(26)17(7-9-29-4)23-21(27)19-6-5-8-28-19/h5-6,8,10-12,17H,7,9H2,1-4H3,(H,23,27)(H,24,25,26). The number of amides is 2. The van der Waals surface area contributed by atoms with Gasteiger partial charge in [-0.3, -0.25) is 9.59 Å². The lowest BCUT2D eigenvalue weighted by Crippen LogP contribution is -2.44. The van der Waals surface area contributed by atoms with Gasteiger partial charge in [-0.1, -0.05) is 6.07 Å². The van der Waals surface area contributed by atoms with Gasteiger partial charge in [0.05, 0.1) is 12.0 Å². The van der Waals surface area contributed by atoms with E-state index in [4.69, 9.17) is 4.42 Å². The summed E-state index contributed by atoms with van der Waals surface area (Å²) in [4.78, 5) is 29.7. The van der Waals surface area contributed by atoms with Crippen molar-refractivity contribution in [2.24, 2.45) is 0 Å². The number of nitrogens with zero attached hydrogens (tertiary/aromatic N) is 1. The fourth-order valence-corrected chi connectivity index (χ4v) is 4.21. The van der Waals surface area contributed by atoms with E-state index in [9.17, 15) is 9.59 Å². The number of carbonyl (C=O) groups excluding carboxylic acids is 2. The number of rotatable bonds is 8. The van der Waals surface area contributed by atoms with E-state index >= 15 is 0 Å². The van der Waals surface area contributed by atoms with Gasteiger partial charge in [0.2, 0.25) is 5.91 Å². The van der Waals surface area contributed by atoms with Crippen LogP contribution in [0, 0.1) is 20.8 Å². The number of nitrogens with one attached hydrogen (secondary N) is 2. The molecule has 0 spiro atoms. The summed E-state index contributed by atoms with van der Waals surface area (Å²) in [5.41, 5.74) is 5.47. The lowest BCUT2D eigenvalue weighted by atomic mass is 9.99. The third-order valence-electron chi connectivity index (χ3n) is 4.83. The predicted molar refractivity (Wildman–Crippen MR) is 123 cm³/mol. The maximum atomic E-state index is 12.8. The van der Waals surface area contributed by atoms with Crippen molar-refractivity contribution < 1.29 is 14.0 Å². The molecule has 0 aliphatic heterocycles. The van der Waals surface area contributed by atoms with Gasteiger partial charge in [0, 0.05) is 10.9 Å². The van der Waals surface area contributed by atoms with Gasteiger partial charge in [-0.05, 0) is 74.1 Å². The molecule has 1 atom stereocenters. The Morgan fingerprint density at radius 2 is 1.97 bits per heavy atom. The minimum Gasteiger partial charge on any atom is -0.459 e. The third kappa shape index (κ3) is 5.31. The summed E-state index contributed by atoms with van der Waals surface area (Å²) in [6.45, 7) is 6.22. The zero-order valence-corrected chi connectivity index (χ0v) is 19.1. The molecule has 158 valence electrons. The van der Waals surface area contributed by atoms with Crippen LogP contribution in [0.2, 0.25) is 0 Å². The third-order valence-corrected chi connectivity index (χ3v) is 6.23. The lowest BCUT2D eigenvalue weighted by Gasteiger charge is -2.16. The van der Waals surface area contributed by atoms with Gasteiger partial charge in [0.1, 0.15) is 6.04 Å². The number of hydrogen-bond acceptors (Lipinski definition) is 6. The fourth-order valence-electron chi connectivity index (χ4n) is 3.03. The van der Waals surface area contributed by atoms with Crippen LogP contribution in [0.5, 0.6) is 0 Å². The second-order valence-electron chi connectivity index (χ2n) is 7.06. The van der Waals surface area contributed by atoms with Crippen molar-refractivity contribution in [3.05, 3.63) is 58.4 Å². The first kappa shape index (κ1) is 22.1. The molecule has 6 nitrogen and oxygen atoms in total. The average Bonchev–Trinajstić information content (AvgIpc) is 3.40. The Balaban J connectivity index is 1.73. The number of anilines is 1. The van der Waals surface area contributed by atoms with Crippen LogP contribution in [0.4, 0.5) is 5.13 Å². The lowest BCUT2D eigenvalue weighted by molar-refractivity contribution is -0.118. The van der Waals surface area contributed by atoms with Crippen LogP contribution in [-0.4, -0.2) is 34.8 Å². The van der Waals surface area contributed by atoms with Crippen LogP contribution in [-0.2, 0) is 4.79 Å². The second-order valence-corrected chi connectivity index (χ2v) is 8.91. The Kier molecular flexibility index (Phi) is 7.33. The normalized spacial score (nSPS) is 11.9. The number of thioether (sulfide) groups is 1. The summed E-state index contributed by atoms with van der Waals surface area (Å²) in [7, 11) is 0. The second kappa shape index (κ2) is 9.95. The minimum atomic E-state index is -0.675. The molecule has 0 aliphatic carbocycles. The Morgan fingerprint density at radius 1 is 1.20 bits per heavy atom. The Hall–Kier alpha value is -2.58. The van der Waals surface area contributed by atoms with Crippen molar-refractivity contribution in [1.82, 2.24) is 10.3 Å². The Bertz CT molecular complexity index is 1030. The van der Waals surface area contributed by atoms with Gasteiger partial charge < -0.3 is 15.1 Å². The van der Waals surface area contributed by atoms with Crippen LogP contribution in [0.3, 0.4) is 0 Å². The smallest absolute Gasteiger partial charge is 0.287 e. The molecule has 2 amide bonds. The molecular weight excluding hydrogens is 418 g/mol. The molecular formula is C22H25N3O3S2. The molecule has 0 radical (unpaired) electrons. The summed E-state index contributed by atoms with van der Waals surface area (Å²) < 4.78 is 5.12. The van der Waals surface area contributed by atoms with Gasteiger partial charge in [-0.2, -0.15) is 11.8 Å². The molecule has 0 fully saturated rings. The first-order valence-electron chi connectivity index (χ1n) is 9.57. The number of carbonyl (C=O) groups is 2. The van der Waals surface area contributed by atoms with E-state index in [2.05, 4.69) is 48.5 Å². The van der Waals surface area contributed by atoms with E-state index in [1.807, 2.05) is 11.6 Å². The average molecular weight is 444 g/mol. The molecule has 0 bridgehead atoms. The number of furan rings is 1. The van der Waals surface area contributed by atoms with Gasteiger partial charge >= 0.3 is 0 Å². The first-order valence-corrected chi connectivity index (χ1v) is 11.8. The van der Waals surface area contributed by atoms with Gasteiger partial charge in [-0.15, -0.1) is 11.3 Å². The van der Waals surface area contributed by atoms with E-state index in [0.29, 0.717) is 11.6 Å². The molecule has 0 saturated carbocycles. The molecule has 8 heteroatoms. The highest BCUT2D eigenvalue weighted by molar-refractivity contribution is 7.98. The zero-order chi connectivity index (χ0) is 21.7. The van der Waals surface area contributed by atoms with Crippen molar-refractivity contribution in [1.29, 1.82) is 0 Å². The van der Waals surface area contributed by atoms with Gasteiger partial charge in [0.15, 0.2) is 10.9 Å². The zero-order valence-electron chi connectivity index (χ0n) is 17.4. The maximum absolute atomic E-state index is 12.8. The fraction of sp³-hybridized carbons (Fsp3) is 0.318. The summed E-state index contributed by atoms with van der Waals surface area (Å²) in [6, 6.07) is 6.79. The van der Waals surface area contributed by atoms with Crippen molar-refractivity contribution >= 4 is 40.0 Å². The summed E-state index contributed by atoms with van der Waals surface area (Å²) in [5, 5.41) is 8.05. The minimum absolute atomic E-state index is 0.179. The molecule has 2 heterocycles. The quantitative estimate of drug-likeness (QED) is 0.521. The van der Waals surface area contributed by atoms with E-state index < -0.39 is 11.9 Å². The monoisotopic (exact) mass is 443 g/mol. The highest BCUT2D eigenvalue weighted by Gasteiger charge is 2.23. The van der Waals surface area contributed by atoms with E-state index in [-0.39, 0.29) is 11.7 Å². The number of thiazole rings is 1. The molecule has 1 unspecified atom stereocenters. The number of aryl methyl sites for hydroxylation is 3. The number of hydrogen-bond donors (Lipinski definition) is 2. The van der Waals surface area contributed by atoms with Crippen molar-refractivity contribution in [2.45, 2.75) is 33.2 Å². The Morgan fingerprint density at radius 3 is 2.67 bits per heavy atom. The highest BCUT2D eigenvalue weighted by Crippen LogP contribution is 2.29. The topological polar surface area (TPSA) is 84.2 Å². The molecule has 0 saturated heterocycles. The highest BCUT2D eigenvalue weighted by atomic mass is 32.2. The summed E-state index contributed by atoms with van der Waals surface area (Å²) >= 11 is 2.99. The number of aromatic nitrogens is 1. The first-order chi connectivity index (χ1) is 14.4. The van der Waals surface area contributed by atoms with Crippen molar-refractivity contribution in [3.63, 3.8) is 0 Å². The SMILES string of the molecule is CSCCC(NC(=O)c1ccco1)C(=O)Nc1nc(-c2cc(C)c(C)cc2C)cs1.